The topological polar surface area (TPSA) is 92.7 Å². The minimum Gasteiger partial charge on any atom is -0.481 e. The Morgan fingerprint density at radius 2 is 1.77 bits per heavy atom. The van der Waals surface area contributed by atoms with Gasteiger partial charge in [-0.25, -0.2) is 4.79 Å². The van der Waals surface area contributed by atoms with Gasteiger partial charge >= 0.3 is 11.9 Å². The highest BCUT2D eigenvalue weighted by atomic mass is 16.5. The number of allylic oxidation sites excluding steroid dienone is 2. The number of nitrogens with one attached hydrogen (secondary N) is 1. The van der Waals surface area contributed by atoms with Gasteiger partial charge in [-0.1, -0.05) is 24.3 Å². The van der Waals surface area contributed by atoms with Crippen LogP contribution in [0.3, 0.4) is 0 Å². The summed E-state index contributed by atoms with van der Waals surface area (Å²) in [5.74, 6) is -3.38. The van der Waals surface area contributed by atoms with E-state index in [1.807, 2.05) is 0 Å². The molecule has 0 aromatic heterocycles. The van der Waals surface area contributed by atoms with Crippen LogP contribution in [-0.2, 0) is 14.3 Å². The predicted molar refractivity (Wildman–Crippen MR) is 79.4 cm³/mol. The standard InChI is InChI=1S/C16H17NO5/c1-22-16(21)12-8-4-5-9-13(12)17-14(18)10-6-2-3-7-11(10)15(19)20/h2-5,8-11H,6-7H2,1H3,(H,17,18)(H,19,20)/t10-,11-/m0/s1. The number of carboxylic acid groups (broad SMARTS) is 1. The SMILES string of the molecule is COC(=O)c1ccccc1NC(=O)[C@H]1CC=CC[C@@H]1C(=O)O. The van der Waals surface area contributed by atoms with Crippen LogP contribution in [0.25, 0.3) is 0 Å². The summed E-state index contributed by atoms with van der Waals surface area (Å²) in [4.78, 5) is 35.3. The number of carbonyl (C=O) groups excluding carboxylic acids is 2. The molecular weight excluding hydrogens is 286 g/mol. The maximum absolute atomic E-state index is 12.4. The molecule has 0 heterocycles. The van der Waals surface area contributed by atoms with Crippen LogP contribution in [0.15, 0.2) is 36.4 Å². The molecule has 1 aliphatic rings. The molecule has 0 saturated carbocycles. The number of methoxy groups -OCH3 is 1. The van der Waals surface area contributed by atoms with E-state index in [0.717, 1.165) is 0 Å². The Morgan fingerprint density at radius 3 is 2.41 bits per heavy atom. The Hall–Kier alpha value is -2.63. The Labute approximate surface area is 127 Å². The number of anilines is 1. The minimum atomic E-state index is -0.995. The van der Waals surface area contributed by atoms with Crippen LogP contribution in [0.5, 0.6) is 0 Å². The summed E-state index contributed by atoms with van der Waals surface area (Å²) < 4.78 is 4.67. The third kappa shape index (κ3) is 3.33. The average Bonchev–Trinajstić information content (AvgIpc) is 2.54. The molecule has 2 atom stereocenters. The number of esters is 1. The van der Waals surface area contributed by atoms with Crippen LogP contribution in [-0.4, -0.2) is 30.1 Å². The van der Waals surface area contributed by atoms with Crippen molar-refractivity contribution >= 4 is 23.5 Å². The zero-order chi connectivity index (χ0) is 16.1. The van der Waals surface area contributed by atoms with Crippen molar-refractivity contribution in [3.63, 3.8) is 0 Å². The van der Waals surface area contributed by atoms with Crippen molar-refractivity contribution in [3.05, 3.63) is 42.0 Å². The summed E-state index contributed by atoms with van der Waals surface area (Å²) in [6.07, 6.45) is 4.26. The van der Waals surface area contributed by atoms with Crippen LogP contribution in [0.2, 0.25) is 0 Å². The Kier molecular flexibility index (Phi) is 4.93. The zero-order valence-electron chi connectivity index (χ0n) is 12.1. The van der Waals surface area contributed by atoms with Gasteiger partial charge in [0.2, 0.25) is 5.91 Å². The molecule has 1 aromatic rings. The third-order valence-corrected chi connectivity index (χ3v) is 3.68. The molecule has 0 radical (unpaired) electrons. The minimum absolute atomic E-state index is 0.233. The fourth-order valence-electron chi connectivity index (χ4n) is 2.48. The molecule has 1 aliphatic carbocycles. The highest BCUT2D eigenvalue weighted by Gasteiger charge is 2.34. The summed E-state index contributed by atoms with van der Waals surface area (Å²) in [6, 6.07) is 6.46. The summed E-state index contributed by atoms with van der Waals surface area (Å²) in [6.45, 7) is 0. The van der Waals surface area contributed by atoms with Crippen LogP contribution >= 0.6 is 0 Å². The Morgan fingerprint density at radius 1 is 1.14 bits per heavy atom. The summed E-state index contributed by atoms with van der Waals surface area (Å²) in [7, 11) is 1.26. The lowest BCUT2D eigenvalue weighted by Crippen LogP contribution is -2.35. The van der Waals surface area contributed by atoms with E-state index in [1.54, 1.807) is 30.4 Å². The first-order chi connectivity index (χ1) is 10.5. The first kappa shape index (κ1) is 15.8. The molecule has 2 rings (SSSR count). The van der Waals surface area contributed by atoms with E-state index in [1.165, 1.54) is 13.2 Å². The second kappa shape index (κ2) is 6.89. The molecule has 0 fully saturated rings. The number of hydrogen-bond acceptors (Lipinski definition) is 4. The lowest BCUT2D eigenvalue weighted by molar-refractivity contribution is -0.146. The van der Waals surface area contributed by atoms with Crippen molar-refractivity contribution in [2.45, 2.75) is 12.8 Å². The van der Waals surface area contributed by atoms with E-state index in [-0.39, 0.29) is 5.56 Å². The zero-order valence-corrected chi connectivity index (χ0v) is 12.1. The maximum Gasteiger partial charge on any atom is 0.339 e. The number of aliphatic carboxylic acids is 1. The van der Waals surface area contributed by atoms with Crippen molar-refractivity contribution in [1.29, 1.82) is 0 Å². The molecule has 1 amide bonds. The molecule has 6 nitrogen and oxygen atoms in total. The van der Waals surface area contributed by atoms with Crippen molar-refractivity contribution < 1.29 is 24.2 Å². The second-order valence-corrected chi connectivity index (χ2v) is 5.02. The lowest BCUT2D eigenvalue weighted by atomic mass is 9.82. The van der Waals surface area contributed by atoms with Crippen molar-refractivity contribution in [2.24, 2.45) is 11.8 Å². The predicted octanol–water partition coefficient (Wildman–Crippen LogP) is 2.08. The van der Waals surface area contributed by atoms with Gasteiger partial charge in [0.15, 0.2) is 0 Å². The third-order valence-electron chi connectivity index (χ3n) is 3.68. The summed E-state index contributed by atoms with van der Waals surface area (Å²) in [5, 5.41) is 11.9. The van der Waals surface area contributed by atoms with Crippen molar-refractivity contribution in [1.82, 2.24) is 0 Å². The van der Waals surface area contributed by atoms with E-state index >= 15 is 0 Å². The molecule has 6 heteroatoms. The van der Waals surface area contributed by atoms with Gasteiger partial charge in [0.1, 0.15) is 0 Å². The van der Waals surface area contributed by atoms with Crippen molar-refractivity contribution in [2.75, 3.05) is 12.4 Å². The number of ether oxygens (including phenoxy) is 1. The summed E-state index contributed by atoms with van der Waals surface area (Å²) >= 11 is 0. The van der Waals surface area contributed by atoms with Crippen LogP contribution in [0, 0.1) is 11.8 Å². The number of carbonyl (C=O) groups is 3. The first-order valence-corrected chi connectivity index (χ1v) is 6.90. The number of hydrogen-bond donors (Lipinski definition) is 2. The highest BCUT2D eigenvalue weighted by molar-refractivity contribution is 6.02. The fourth-order valence-corrected chi connectivity index (χ4v) is 2.48. The molecule has 0 unspecified atom stereocenters. The molecule has 116 valence electrons. The fraction of sp³-hybridized carbons (Fsp3) is 0.312. The van der Waals surface area contributed by atoms with Gasteiger partial charge in [-0.05, 0) is 25.0 Å². The number of para-hydroxylation sites is 1. The average molecular weight is 303 g/mol. The molecule has 0 spiro atoms. The Balaban J connectivity index is 2.20. The van der Waals surface area contributed by atoms with Gasteiger partial charge in [-0.2, -0.15) is 0 Å². The van der Waals surface area contributed by atoms with Crippen LogP contribution in [0.1, 0.15) is 23.2 Å². The molecule has 0 bridgehead atoms. The second-order valence-electron chi connectivity index (χ2n) is 5.02. The number of carboxylic acids is 1. The van der Waals surface area contributed by atoms with Gasteiger partial charge in [-0.15, -0.1) is 0 Å². The van der Waals surface area contributed by atoms with Crippen LogP contribution < -0.4 is 5.32 Å². The Bertz CT molecular complexity index is 623. The first-order valence-electron chi connectivity index (χ1n) is 6.90. The van der Waals surface area contributed by atoms with Crippen molar-refractivity contribution in [3.8, 4) is 0 Å². The summed E-state index contributed by atoms with van der Waals surface area (Å²) in [5.41, 5.74) is 0.551. The number of rotatable bonds is 4. The normalized spacial score (nSPS) is 20.2. The quantitative estimate of drug-likeness (QED) is 0.656. The lowest BCUT2D eigenvalue weighted by Gasteiger charge is -2.24. The molecule has 22 heavy (non-hydrogen) atoms. The van der Waals surface area contributed by atoms with Gasteiger partial charge < -0.3 is 15.2 Å². The van der Waals surface area contributed by atoms with Crippen LogP contribution in [0.4, 0.5) is 5.69 Å². The van der Waals surface area contributed by atoms with E-state index in [0.29, 0.717) is 18.5 Å². The number of benzene rings is 1. The monoisotopic (exact) mass is 303 g/mol. The molecule has 0 saturated heterocycles. The molecule has 2 N–H and O–H groups in total. The molecule has 1 aromatic carbocycles. The van der Waals surface area contributed by atoms with Gasteiger partial charge in [0.05, 0.1) is 30.2 Å². The van der Waals surface area contributed by atoms with E-state index in [9.17, 15) is 19.5 Å². The van der Waals surface area contributed by atoms with Gasteiger partial charge in [0.25, 0.3) is 0 Å². The van der Waals surface area contributed by atoms with Gasteiger partial charge in [-0.3, -0.25) is 9.59 Å². The van der Waals surface area contributed by atoms with E-state index in [4.69, 9.17) is 0 Å². The molecule has 0 aliphatic heterocycles. The van der Waals surface area contributed by atoms with E-state index < -0.39 is 29.7 Å². The number of amides is 1. The largest absolute Gasteiger partial charge is 0.481 e. The van der Waals surface area contributed by atoms with E-state index in [2.05, 4.69) is 10.1 Å². The maximum atomic E-state index is 12.4. The van der Waals surface area contributed by atoms with Gasteiger partial charge in [0, 0.05) is 0 Å². The molecular formula is C16H17NO5. The smallest absolute Gasteiger partial charge is 0.339 e. The highest BCUT2D eigenvalue weighted by Crippen LogP contribution is 2.28.